The summed E-state index contributed by atoms with van der Waals surface area (Å²) in [7, 11) is 1.11. The normalized spacial score (nSPS) is 9.53. The molecule has 0 atom stereocenters. The van der Waals surface area contributed by atoms with Crippen molar-refractivity contribution in [1.82, 2.24) is 0 Å². The highest BCUT2D eigenvalue weighted by atomic mass is 19.1. The largest absolute Gasteiger partial charge is 0.475 e. The Morgan fingerprint density at radius 2 is 2.00 bits per heavy atom. The lowest BCUT2D eigenvalue weighted by Gasteiger charge is -2.05. The van der Waals surface area contributed by atoms with Crippen LogP contribution >= 0.6 is 0 Å². The maximum absolute atomic E-state index is 13.4. The highest BCUT2D eigenvalue weighted by Crippen LogP contribution is 2.16. The van der Waals surface area contributed by atoms with Crippen LogP contribution in [-0.4, -0.2) is 30.1 Å². The second kappa shape index (κ2) is 5.06. The first kappa shape index (κ1) is 12.6. The van der Waals surface area contributed by atoms with Crippen LogP contribution in [0.25, 0.3) is 0 Å². The Morgan fingerprint density at radius 3 is 2.47 bits per heavy atom. The molecule has 0 spiro atoms. The molecule has 6 nitrogen and oxygen atoms in total. The van der Waals surface area contributed by atoms with Gasteiger partial charge in [-0.05, 0) is 18.2 Å². The number of aliphatic carboxylic acids is 1. The Balaban J connectivity index is 2.98. The zero-order valence-electron chi connectivity index (χ0n) is 8.69. The minimum atomic E-state index is -1.68. The van der Waals surface area contributed by atoms with Gasteiger partial charge in [-0.2, -0.15) is 0 Å². The van der Waals surface area contributed by atoms with Crippen LogP contribution in [0.3, 0.4) is 0 Å². The maximum atomic E-state index is 13.4. The first-order valence-electron chi connectivity index (χ1n) is 4.38. The molecule has 17 heavy (non-hydrogen) atoms. The number of ketones is 1. The van der Waals surface area contributed by atoms with Crippen molar-refractivity contribution in [3.63, 3.8) is 0 Å². The summed E-state index contributed by atoms with van der Waals surface area (Å²) in [5, 5.41) is 10.5. The van der Waals surface area contributed by atoms with Crippen molar-refractivity contribution in [3.05, 3.63) is 29.6 Å². The van der Waals surface area contributed by atoms with Crippen LogP contribution in [0.5, 0.6) is 0 Å². The standard InChI is InChI=1S/C10H8FNO5/c1-17-10(16)12-7-3-2-5(4-6(7)11)8(13)9(14)15/h2-4H,1H3,(H,12,16)(H,14,15). The zero-order valence-corrected chi connectivity index (χ0v) is 8.69. The maximum Gasteiger partial charge on any atom is 0.411 e. The van der Waals surface area contributed by atoms with Crippen LogP contribution < -0.4 is 5.32 Å². The Hall–Kier alpha value is -2.44. The SMILES string of the molecule is COC(=O)Nc1ccc(C(=O)C(=O)O)cc1F. The molecule has 0 saturated heterocycles. The van der Waals surface area contributed by atoms with Gasteiger partial charge in [0.05, 0.1) is 12.8 Å². The van der Waals surface area contributed by atoms with Crippen LogP contribution in [0.15, 0.2) is 18.2 Å². The van der Waals surface area contributed by atoms with Gasteiger partial charge >= 0.3 is 12.1 Å². The van der Waals surface area contributed by atoms with Gasteiger partial charge in [-0.1, -0.05) is 0 Å². The first-order valence-corrected chi connectivity index (χ1v) is 4.38. The van der Waals surface area contributed by atoms with Gasteiger partial charge in [0, 0.05) is 5.56 Å². The molecule has 0 aromatic heterocycles. The Kier molecular flexibility index (Phi) is 3.76. The monoisotopic (exact) mass is 241 g/mol. The third-order valence-electron chi connectivity index (χ3n) is 1.85. The number of amides is 1. The predicted octanol–water partition coefficient (Wildman–Crippen LogP) is 1.27. The van der Waals surface area contributed by atoms with Crippen molar-refractivity contribution in [2.24, 2.45) is 0 Å². The van der Waals surface area contributed by atoms with E-state index in [4.69, 9.17) is 5.11 Å². The number of carboxylic acid groups (broad SMARTS) is 1. The van der Waals surface area contributed by atoms with Gasteiger partial charge in [-0.3, -0.25) is 10.1 Å². The average molecular weight is 241 g/mol. The summed E-state index contributed by atoms with van der Waals surface area (Å²) in [5.74, 6) is -3.84. The number of carboxylic acids is 1. The number of hydrogen-bond donors (Lipinski definition) is 2. The second-order valence-electron chi connectivity index (χ2n) is 2.95. The number of hydrogen-bond acceptors (Lipinski definition) is 4. The minimum Gasteiger partial charge on any atom is -0.475 e. The summed E-state index contributed by atoms with van der Waals surface area (Å²) < 4.78 is 17.6. The Bertz CT molecular complexity index is 486. The van der Waals surface area contributed by atoms with Gasteiger partial charge in [0.1, 0.15) is 5.82 Å². The number of methoxy groups -OCH3 is 1. The predicted molar refractivity (Wildman–Crippen MR) is 54.4 cm³/mol. The summed E-state index contributed by atoms with van der Waals surface area (Å²) in [6, 6.07) is 2.88. The molecular weight excluding hydrogens is 233 g/mol. The molecular formula is C10H8FNO5. The molecule has 7 heteroatoms. The highest BCUT2D eigenvalue weighted by Gasteiger charge is 2.16. The van der Waals surface area contributed by atoms with Gasteiger partial charge in [0.2, 0.25) is 0 Å². The first-order chi connectivity index (χ1) is 7.95. The third-order valence-corrected chi connectivity index (χ3v) is 1.85. The summed E-state index contributed by atoms with van der Waals surface area (Å²) in [4.78, 5) is 32.2. The fourth-order valence-corrected chi connectivity index (χ4v) is 1.04. The molecule has 1 aromatic rings. The minimum absolute atomic E-state index is 0.209. The number of rotatable bonds is 3. The van der Waals surface area contributed by atoms with E-state index in [1.54, 1.807) is 0 Å². The van der Waals surface area contributed by atoms with Crippen molar-refractivity contribution in [1.29, 1.82) is 0 Å². The molecule has 1 amide bonds. The molecule has 90 valence electrons. The van der Waals surface area contributed by atoms with E-state index in [9.17, 15) is 18.8 Å². The Morgan fingerprint density at radius 1 is 1.35 bits per heavy atom. The summed E-state index contributed by atoms with van der Waals surface area (Å²) in [6.07, 6.45) is -0.874. The molecule has 1 aromatic carbocycles. The summed E-state index contributed by atoms with van der Waals surface area (Å²) in [6.45, 7) is 0. The van der Waals surface area contributed by atoms with E-state index < -0.39 is 23.7 Å². The van der Waals surface area contributed by atoms with Gasteiger partial charge in [-0.15, -0.1) is 0 Å². The van der Waals surface area contributed by atoms with Crippen molar-refractivity contribution in [3.8, 4) is 0 Å². The van der Waals surface area contributed by atoms with E-state index in [1.807, 2.05) is 0 Å². The van der Waals surface area contributed by atoms with Crippen molar-refractivity contribution in [2.45, 2.75) is 0 Å². The number of ether oxygens (including phenoxy) is 1. The molecule has 0 bridgehead atoms. The number of Topliss-reactive ketones (excluding diaryl/α,β-unsaturated/α-hetero) is 1. The van der Waals surface area contributed by atoms with Gasteiger partial charge in [0.15, 0.2) is 0 Å². The molecule has 0 aliphatic rings. The number of carbonyl (C=O) groups excluding carboxylic acids is 2. The number of nitrogens with one attached hydrogen (secondary N) is 1. The number of benzene rings is 1. The molecule has 1 rings (SSSR count). The molecule has 0 radical (unpaired) electrons. The van der Waals surface area contributed by atoms with Crippen LogP contribution in [0.1, 0.15) is 10.4 Å². The molecule has 0 heterocycles. The fraction of sp³-hybridized carbons (Fsp3) is 0.100. The smallest absolute Gasteiger partial charge is 0.411 e. The van der Waals surface area contributed by atoms with E-state index in [1.165, 1.54) is 0 Å². The van der Waals surface area contributed by atoms with E-state index in [2.05, 4.69) is 10.1 Å². The van der Waals surface area contributed by atoms with Gasteiger partial charge in [0.25, 0.3) is 5.78 Å². The molecule has 0 aliphatic carbocycles. The van der Waals surface area contributed by atoms with Crippen LogP contribution in [0.2, 0.25) is 0 Å². The molecule has 0 unspecified atom stereocenters. The summed E-state index contributed by atoms with van der Waals surface area (Å²) in [5.41, 5.74) is -0.524. The lowest BCUT2D eigenvalue weighted by Crippen LogP contribution is -2.15. The third kappa shape index (κ3) is 3.00. The number of halogens is 1. The average Bonchev–Trinajstić information content (AvgIpc) is 2.30. The van der Waals surface area contributed by atoms with Crippen molar-refractivity contribution < 1.29 is 28.6 Å². The molecule has 2 N–H and O–H groups in total. The van der Waals surface area contributed by atoms with Crippen LogP contribution in [0.4, 0.5) is 14.9 Å². The second-order valence-corrected chi connectivity index (χ2v) is 2.95. The quantitative estimate of drug-likeness (QED) is 0.614. The summed E-state index contributed by atoms with van der Waals surface area (Å²) >= 11 is 0. The topological polar surface area (TPSA) is 92.7 Å². The number of carbonyl (C=O) groups is 3. The van der Waals surface area contributed by atoms with Crippen molar-refractivity contribution in [2.75, 3.05) is 12.4 Å². The van der Waals surface area contributed by atoms with E-state index in [0.29, 0.717) is 0 Å². The van der Waals surface area contributed by atoms with E-state index in [0.717, 1.165) is 25.3 Å². The zero-order chi connectivity index (χ0) is 13.0. The van der Waals surface area contributed by atoms with Gasteiger partial charge < -0.3 is 9.84 Å². The van der Waals surface area contributed by atoms with Crippen LogP contribution in [-0.2, 0) is 9.53 Å². The van der Waals surface area contributed by atoms with Gasteiger partial charge in [-0.25, -0.2) is 14.0 Å². The lowest BCUT2D eigenvalue weighted by atomic mass is 10.1. The van der Waals surface area contributed by atoms with E-state index in [-0.39, 0.29) is 11.3 Å². The lowest BCUT2D eigenvalue weighted by molar-refractivity contribution is -0.131. The molecule has 0 saturated carbocycles. The molecule has 0 aliphatic heterocycles. The fourth-order valence-electron chi connectivity index (χ4n) is 1.04. The Labute approximate surface area is 95.0 Å². The van der Waals surface area contributed by atoms with Crippen LogP contribution in [0, 0.1) is 5.82 Å². The number of anilines is 1. The highest BCUT2D eigenvalue weighted by molar-refractivity contribution is 6.39. The van der Waals surface area contributed by atoms with E-state index >= 15 is 0 Å². The van der Waals surface area contributed by atoms with Crippen molar-refractivity contribution >= 4 is 23.5 Å². The molecule has 0 fully saturated rings.